The number of aromatic hydroxyl groups is 1. The van der Waals surface area contributed by atoms with E-state index in [0.29, 0.717) is 11.4 Å². The Morgan fingerprint density at radius 1 is 1.09 bits per heavy atom. The van der Waals surface area contributed by atoms with Gasteiger partial charge in [0.2, 0.25) is 11.8 Å². The fourth-order valence-corrected chi connectivity index (χ4v) is 2.25. The lowest BCUT2D eigenvalue weighted by molar-refractivity contribution is 0.416. The number of rotatable bonds is 4. The normalized spacial score (nSPS) is 10.3. The number of benzene rings is 2. The van der Waals surface area contributed by atoms with E-state index in [4.69, 9.17) is 4.74 Å². The Balaban J connectivity index is 2.01. The van der Waals surface area contributed by atoms with Crippen molar-refractivity contribution in [1.29, 1.82) is 0 Å². The van der Waals surface area contributed by atoms with E-state index >= 15 is 0 Å². The van der Waals surface area contributed by atoms with Crippen LogP contribution >= 0.6 is 0 Å². The number of hydrogen-bond donors (Lipinski definition) is 3. The summed E-state index contributed by atoms with van der Waals surface area (Å²) in [4.78, 5) is 17.8. The number of anilines is 2. The Morgan fingerprint density at radius 3 is 2.57 bits per heavy atom. The molecule has 0 amide bonds. The van der Waals surface area contributed by atoms with E-state index in [1.54, 1.807) is 7.11 Å². The van der Waals surface area contributed by atoms with Crippen LogP contribution < -0.4 is 15.6 Å². The Hall–Kier alpha value is -3.28. The Morgan fingerprint density at radius 2 is 1.87 bits per heavy atom. The van der Waals surface area contributed by atoms with Gasteiger partial charge < -0.3 is 15.2 Å². The smallest absolute Gasteiger partial charge is 0.256 e. The molecule has 0 unspecified atom stereocenters. The largest absolute Gasteiger partial charge is 0.495 e. The summed E-state index contributed by atoms with van der Waals surface area (Å²) in [5.41, 5.74) is 2.22. The summed E-state index contributed by atoms with van der Waals surface area (Å²) in [6.45, 7) is 0. The van der Waals surface area contributed by atoms with Gasteiger partial charge in [0.05, 0.1) is 18.9 Å². The Bertz CT molecular complexity index is 876. The van der Waals surface area contributed by atoms with Gasteiger partial charge >= 0.3 is 0 Å². The van der Waals surface area contributed by atoms with E-state index in [-0.39, 0.29) is 11.8 Å². The van der Waals surface area contributed by atoms with Crippen LogP contribution in [-0.4, -0.2) is 22.2 Å². The first-order chi connectivity index (χ1) is 11.2. The molecule has 0 radical (unpaired) electrons. The Labute approximate surface area is 132 Å². The minimum Gasteiger partial charge on any atom is -0.495 e. The van der Waals surface area contributed by atoms with Gasteiger partial charge in [-0.25, -0.2) is 0 Å². The summed E-state index contributed by atoms with van der Waals surface area (Å²) in [7, 11) is 1.56. The van der Waals surface area contributed by atoms with Crippen molar-refractivity contribution in [3.63, 3.8) is 0 Å². The molecule has 3 aromatic rings. The number of aromatic amines is 1. The van der Waals surface area contributed by atoms with E-state index in [9.17, 15) is 9.90 Å². The standard InChI is InChI=1S/C17H15N3O3/c1-23-14-8-7-12(11-5-3-2-4-6-11)9-13(14)18-17-19-15(21)10-16(22)20-17/h2-10H,1H3,(H3,18,19,20,21,22). The summed E-state index contributed by atoms with van der Waals surface area (Å²) in [6, 6.07) is 16.5. The van der Waals surface area contributed by atoms with Gasteiger partial charge in [-0.2, -0.15) is 4.98 Å². The average Bonchev–Trinajstić information content (AvgIpc) is 2.54. The van der Waals surface area contributed by atoms with Gasteiger partial charge in [-0.05, 0) is 23.3 Å². The van der Waals surface area contributed by atoms with Crippen LogP contribution in [0.25, 0.3) is 11.1 Å². The molecular formula is C17H15N3O3. The molecule has 0 fully saturated rings. The number of nitrogens with zero attached hydrogens (tertiary/aromatic N) is 1. The van der Waals surface area contributed by atoms with Crippen LogP contribution in [0.15, 0.2) is 59.4 Å². The number of methoxy groups -OCH3 is 1. The second kappa shape index (κ2) is 6.23. The van der Waals surface area contributed by atoms with Crippen molar-refractivity contribution in [1.82, 2.24) is 9.97 Å². The monoisotopic (exact) mass is 309 g/mol. The van der Waals surface area contributed by atoms with E-state index in [1.165, 1.54) is 0 Å². The second-order valence-electron chi connectivity index (χ2n) is 4.86. The lowest BCUT2D eigenvalue weighted by Gasteiger charge is -2.12. The van der Waals surface area contributed by atoms with E-state index in [1.807, 2.05) is 48.5 Å². The molecule has 0 aliphatic rings. The van der Waals surface area contributed by atoms with Crippen LogP contribution in [0.3, 0.4) is 0 Å². The molecule has 0 saturated heterocycles. The van der Waals surface area contributed by atoms with Crippen LogP contribution in [0, 0.1) is 0 Å². The second-order valence-corrected chi connectivity index (χ2v) is 4.86. The summed E-state index contributed by atoms with van der Waals surface area (Å²) in [6.07, 6.45) is 0. The third kappa shape index (κ3) is 3.32. The minimum atomic E-state index is -0.446. The third-order valence-electron chi connectivity index (χ3n) is 3.29. The number of aromatic nitrogens is 2. The zero-order valence-corrected chi connectivity index (χ0v) is 12.4. The molecule has 0 aliphatic carbocycles. The molecule has 0 saturated carbocycles. The predicted octanol–water partition coefficient (Wildman–Crippen LogP) is 2.89. The minimum absolute atomic E-state index is 0.138. The molecule has 6 heteroatoms. The molecule has 6 nitrogen and oxygen atoms in total. The van der Waals surface area contributed by atoms with Gasteiger partial charge in [0.25, 0.3) is 5.56 Å². The predicted molar refractivity (Wildman–Crippen MR) is 88.2 cm³/mol. The van der Waals surface area contributed by atoms with E-state index in [0.717, 1.165) is 17.2 Å². The zero-order chi connectivity index (χ0) is 16.2. The van der Waals surface area contributed by atoms with Crippen LogP contribution in [-0.2, 0) is 0 Å². The molecule has 1 aromatic heterocycles. The van der Waals surface area contributed by atoms with Crippen molar-refractivity contribution in [2.75, 3.05) is 12.4 Å². The molecule has 0 aliphatic heterocycles. The number of nitrogens with one attached hydrogen (secondary N) is 2. The van der Waals surface area contributed by atoms with Crippen LogP contribution in [0.4, 0.5) is 11.6 Å². The quantitative estimate of drug-likeness (QED) is 0.690. The van der Waals surface area contributed by atoms with Crippen molar-refractivity contribution in [2.24, 2.45) is 0 Å². The van der Waals surface area contributed by atoms with Gasteiger partial charge in [-0.1, -0.05) is 36.4 Å². The fourth-order valence-electron chi connectivity index (χ4n) is 2.25. The summed E-state index contributed by atoms with van der Waals surface area (Å²) in [5, 5.41) is 12.4. The van der Waals surface area contributed by atoms with Gasteiger partial charge in [0, 0.05) is 0 Å². The Kier molecular flexibility index (Phi) is 3.97. The number of H-pyrrole nitrogens is 1. The number of hydrogen-bond acceptors (Lipinski definition) is 5. The maximum Gasteiger partial charge on any atom is 0.256 e. The van der Waals surface area contributed by atoms with Crippen molar-refractivity contribution in [3.8, 4) is 22.8 Å². The van der Waals surface area contributed by atoms with Crippen LogP contribution in [0.1, 0.15) is 0 Å². The van der Waals surface area contributed by atoms with Crippen LogP contribution in [0.2, 0.25) is 0 Å². The SMILES string of the molecule is COc1ccc(-c2ccccc2)cc1Nc1nc(O)cc(=O)[nH]1. The summed E-state index contributed by atoms with van der Waals surface area (Å²) in [5.74, 6) is 0.378. The molecule has 2 aromatic carbocycles. The average molecular weight is 309 g/mol. The molecule has 23 heavy (non-hydrogen) atoms. The molecule has 116 valence electrons. The number of ether oxygens (including phenoxy) is 1. The lowest BCUT2D eigenvalue weighted by atomic mass is 10.0. The molecule has 3 rings (SSSR count). The first-order valence-corrected chi connectivity index (χ1v) is 6.96. The van der Waals surface area contributed by atoms with Gasteiger partial charge in [0.15, 0.2) is 0 Å². The highest BCUT2D eigenvalue weighted by Crippen LogP contribution is 2.31. The van der Waals surface area contributed by atoms with Crippen molar-refractivity contribution < 1.29 is 9.84 Å². The van der Waals surface area contributed by atoms with Gasteiger partial charge in [-0.3, -0.25) is 9.78 Å². The zero-order valence-electron chi connectivity index (χ0n) is 12.4. The topological polar surface area (TPSA) is 87.2 Å². The van der Waals surface area contributed by atoms with Crippen LogP contribution in [0.5, 0.6) is 11.6 Å². The molecular weight excluding hydrogens is 294 g/mol. The van der Waals surface area contributed by atoms with Crippen molar-refractivity contribution in [3.05, 3.63) is 65.0 Å². The highest BCUT2D eigenvalue weighted by molar-refractivity contribution is 5.74. The first-order valence-electron chi connectivity index (χ1n) is 6.96. The first kappa shape index (κ1) is 14.6. The fraction of sp³-hybridized carbons (Fsp3) is 0.0588. The van der Waals surface area contributed by atoms with Crippen molar-refractivity contribution in [2.45, 2.75) is 0 Å². The molecule has 0 bridgehead atoms. The maximum atomic E-state index is 11.4. The molecule has 3 N–H and O–H groups in total. The van der Waals surface area contributed by atoms with E-state index in [2.05, 4.69) is 15.3 Å². The highest BCUT2D eigenvalue weighted by atomic mass is 16.5. The highest BCUT2D eigenvalue weighted by Gasteiger charge is 2.08. The molecule has 1 heterocycles. The van der Waals surface area contributed by atoms with Gasteiger partial charge in [0.1, 0.15) is 5.75 Å². The van der Waals surface area contributed by atoms with Crippen molar-refractivity contribution >= 4 is 11.6 Å². The van der Waals surface area contributed by atoms with Gasteiger partial charge in [-0.15, -0.1) is 0 Å². The third-order valence-corrected chi connectivity index (χ3v) is 3.29. The lowest BCUT2D eigenvalue weighted by Crippen LogP contribution is -2.09. The maximum absolute atomic E-state index is 11.4. The summed E-state index contributed by atoms with van der Waals surface area (Å²) >= 11 is 0. The van der Waals surface area contributed by atoms with E-state index < -0.39 is 5.56 Å². The molecule has 0 spiro atoms. The summed E-state index contributed by atoms with van der Waals surface area (Å²) < 4.78 is 5.32. The molecule has 0 atom stereocenters.